The van der Waals surface area contributed by atoms with Gasteiger partial charge in [0.1, 0.15) is 0 Å². The van der Waals surface area contributed by atoms with Crippen LogP contribution in [0.5, 0.6) is 0 Å². The maximum atomic E-state index is 11.9. The van der Waals surface area contributed by atoms with Crippen molar-refractivity contribution < 1.29 is 24.0 Å². The Bertz CT molecular complexity index is 483. The Morgan fingerprint density at radius 1 is 1.16 bits per heavy atom. The van der Waals surface area contributed by atoms with E-state index in [1.807, 2.05) is 0 Å². The van der Waals surface area contributed by atoms with E-state index in [-0.39, 0.29) is 12.8 Å². The Hall–Kier alpha value is -2.21. The first-order valence-corrected chi connectivity index (χ1v) is 5.79. The van der Waals surface area contributed by atoms with Gasteiger partial charge in [0.15, 0.2) is 6.10 Å². The number of nitrogens with zero attached hydrogens (tertiary/aromatic N) is 1. The molecule has 1 atom stereocenters. The number of benzene rings is 1. The van der Waals surface area contributed by atoms with Crippen molar-refractivity contribution in [1.29, 1.82) is 0 Å². The quantitative estimate of drug-likeness (QED) is 0.757. The lowest BCUT2D eigenvalue weighted by Crippen LogP contribution is -2.34. The molecule has 1 aromatic carbocycles. The van der Waals surface area contributed by atoms with Gasteiger partial charge in [-0.15, -0.1) is 5.06 Å². The van der Waals surface area contributed by atoms with Gasteiger partial charge in [-0.05, 0) is 5.56 Å². The molecule has 0 bridgehead atoms. The molecular weight excluding hydrogens is 250 g/mol. The Kier molecular flexibility index (Phi) is 3.91. The molecule has 0 N–H and O–H groups in total. The van der Waals surface area contributed by atoms with Crippen LogP contribution < -0.4 is 0 Å². The van der Waals surface area contributed by atoms with Gasteiger partial charge < -0.3 is 9.57 Å². The molecule has 1 aromatic rings. The van der Waals surface area contributed by atoms with Gasteiger partial charge in [0.25, 0.3) is 11.8 Å². The van der Waals surface area contributed by atoms with Crippen LogP contribution in [0.2, 0.25) is 0 Å². The Balaban J connectivity index is 2.10. The van der Waals surface area contributed by atoms with Gasteiger partial charge in [-0.1, -0.05) is 30.3 Å². The minimum atomic E-state index is -0.970. The lowest BCUT2D eigenvalue weighted by Gasteiger charge is -2.18. The minimum Gasteiger partial charge on any atom is -0.365 e. The predicted molar refractivity (Wildman–Crippen MR) is 63.4 cm³/mol. The second-order valence-corrected chi connectivity index (χ2v) is 4.02. The van der Waals surface area contributed by atoms with Gasteiger partial charge in [-0.25, -0.2) is 4.79 Å². The molecule has 0 spiro atoms. The fourth-order valence-electron chi connectivity index (χ4n) is 1.79. The third-order valence-electron chi connectivity index (χ3n) is 2.74. The SMILES string of the molecule is COC(C(=O)ON1C(=O)CCC1=O)c1ccccc1. The molecule has 2 amide bonds. The number of hydrogen-bond acceptors (Lipinski definition) is 5. The van der Waals surface area contributed by atoms with Gasteiger partial charge >= 0.3 is 5.97 Å². The normalized spacial score (nSPS) is 16.6. The minimum absolute atomic E-state index is 0.0646. The lowest BCUT2D eigenvalue weighted by atomic mass is 10.1. The van der Waals surface area contributed by atoms with Gasteiger partial charge in [-0.3, -0.25) is 9.59 Å². The average Bonchev–Trinajstić information content (AvgIpc) is 2.73. The molecule has 0 saturated carbocycles. The number of carbonyl (C=O) groups is 3. The molecule has 6 heteroatoms. The first kappa shape index (κ1) is 13.2. The number of methoxy groups -OCH3 is 1. The molecule has 1 saturated heterocycles. The van der Waals surface area contributed by atoms with Crippen molar-refractivity contribution in [1.82, 2.24) is 5.06 Å². The molecule has 0 aromatic heterocycles. The standard InChI is InChI=1S/C13H13NO5/c1-18-12(9-5-3-2-4-6-9)13(17)19-14-10(15)7-8-11(14)16/h2-6,12H,7-8H2,1H3. The third-order valence-corrected chi connectivity index (χ3v) is 2.74. The number of carbonyl (C=O) groups excluding carboxylic acids is 3. The molecule has 1 aliphatic heterocycles. The monoisotopic (exact) mass is 263 g/mol. The van der Waals surface area contributed by atoms with E-state index in [2.05, 4.69) is 0 Å². The molecule has 2 rings (SSSR count). The van der Waals surface area contributed by atoms with Gasteiger partial charge in [0.05, 0.1) is 0 Å². The van der Waals surface area contributed by atoms with Crippen LogP contribution in [0, 0.1) is 0 Å². The van der Waals surface area contributed by atoms with Crippen molar-refractivity contribution in [3.05, 3.63) is 35.9 Å². The molecule has 0 aliphatic carbocycles. The Labute approximate surface area is 109 Å². The third kappa shape index (κ3) is 2.79. The molecule has 6 nitrogen and oxygen atoms in total. The molecule has 1 unspecified atom stereocenters. The highest BCUT2D eigenvalue weighted by Crippen LogP contribution is 2.20. The van der Waals surface area contributed by atoms with Gasteiger partial charge in [0, 0.05) is 20.0 Å². The van der Waals surface area contributed by atoms with Crippen LogP contribution in [0.25, 0.3) is 0 Å². The fourth-order valence-corrected chi connectivity index (χ4v) is 1.79. The summed E-state index contributed by atoms with van der Waals surface area (Å²) in [4.78, 5) is 39.5. The predicted octanol–water partition coefficient (Wildman–Crippen LogP) is 0.981. The zero-order valence-electron chi connectivity index (χ0n) is 10.4. The molecular formula is C13H13NO5. The second-order valence-electron chi connectivity index (χ2n) is 4.02. The van der Waals surface area contributed by atoms with E-state index in [1.165, 1.54) is 7.11 Å². The van der Waals surface area contributed by atoms with E-state index in [9.17, 15) is 14.4 Å². The highest BCUT2D eigenvalue weighted by molar-refractivity contribution is 6.01. The Morgan fingerprint density at radius 3 is 2.26 bits per heavy atom. The zero-order valence-corrected chi connectivity index (χ0v) is 10.4. The van der Waals surface area contributed by atoms with Crippen LogP contribution in [0.15, 0.2) is 30.3 Å². The number of amides is 2. The van der Waals surface area contributed by atoms with E-state index in [0.717, 1.165) is 0 Å². The number of imide groups is 1. The first-order valence-electron chi connectivity index (χ1n) is 5.79. The number of ether oxygens (including phenoxy) is 1. The van der Waals surface area contributed by atoms with Crippen molar-refractivity contribution in [2.24, 2.45) is 0 Å². The summed E-state index contributed by atoms with van der Waals surface area (Å²) in [5, 5.41) is 0.511. The fraction of sp³-hybridized carbons (Fsp3) is 0.308. The van der Waals surface area contributed by atoms with Gasteiger partial charge in [-0.2, -0.15) is 0 Å². The summed E-state index contributed by atoms with van der Waals surface area (Å²) in [6, 6.07) is 8.70. The van der Waals surface area contributed by atoms with E-state index in [1.54, 1.807) is 30.3 Å². The molecule has 1 aliphatic rings. The largest absolute Gasteiger partial charge is 0.366 e. The molecule has 100 valence electrons. The van der Waals surface area contributed by atoms with Crippen LogP contribution in [-0.2, 0) is 24.0 Å². The summed E-state index contributed by atoms with van der Waals surface area (Å²) in [7, 11) is 1.35. The van der Waals surface area contributed by atoms with E-state index in [4.69, 9.17) is 9.57 Å². The molecule has 19 heavy (non-hydrogen) atoms. The van der Waals surface area contributed by atoms with E-state index in [0.29, 0.717) is 10.6 Å². The summed E-state index contributed by atoms with van der Waals surface area (Å²) in [5.41, 5.74) is 0.592. The number of hydroxylamine groups is 2. The Morgan fingerprint density at radius 2 is 1.74 bits per heavy atom. The second kappa shape index (κ2) is 5.62. The van der Waals surface area contributed by atoms with Gasteiger partial charge in [0.2, 0.25) is 0 Å². The summed E-state index contributed by atoms with van der Waals surface area (Å²) in [6.45, 7) is 0. The van der Waals surface area contributed by atoms with E-state index >= 15 is 0 Å². The van der Waals surface area contributed by atoms with Crippen LogP contribution in [0.3, 0.4) is 0 Å². The number of hydrogen-bond donors (Lipinski definition) is 0. The number of rotatable bonds is 4. The van der Waals surface area contributed by atoms with Crippen LogP contribution in [0.4, 0.5) is 0 Å². The average molecular weight is 263 g/mol. The summed E-state index contributed by atoms with van der Waals surface area (Å²) < 4.78 is 5.06. The van der Waals surface area contributed by atoms with Crippen molar-refractivity contribution >= 4 is 17.8 Å². The maximum Gasteiger partial charge on any atom is 0.366 e. The topological polar surface area (TPSA) is 72.9 Å². The van der Waals surface area contributed by atoms with Crippen molar-refractivity contribution in [2.45, 2.75) is 18.9 Å². The van der Waals surface area contributed by atoms with Crippen molar-refractivity contribution in [3.63, 3.8) is 0 Å². The lowest BCUT2D eigenvalue weighted by molar-refractivity contribution is -0.204. The first-order chi connectivity index (χ1) is 9.13. The highest BCUT2D eigenvalue weighted by Gasteiger charge is 2.35. The summed E-state index contributed by atoms with van der Waals surface area (Å²) >= 11 is 0. The van der Waals surface area contributed by atoms with E-state index < -0.39 is 23.9 Å². The van der Waals surface area contributed by atoms with Crippen LogP contribution in [-0.4, -0.2) is 30.0 Å². The van der Waals surface area contributed by atoms with Crippen molar-refractivity contribution in [2.75, 3.05) is 7.11 Å². The molecule has 1 heterocycles. The van der Waals surface area contributed by atoms with Crippen LogP contribution in [0.1, 0.15) is 24.5 Å². The zero-order chi connectivity index (χ0) is 13.8. The summed E-state index contributed by atoms with van der Waals surface area (Å²) in [5.74, 6) is -1.82. The highest BCUT2D eigenvalue weighted by atomic mass is 16.7. The summed E-state index contributed by atoms with van der Waals surface area (Å²) in [6.07, 6.45) is -0.841. The molecule has 0 radical (unpaired) electrons. The van der Waals surface area contributed by atoms with Crippen molar-refractivity contribution in [3.8, 4) is 0 Å². The smallest absolute Gasteiger partial charge is 0.365 e. The van der Waals surface area contributed by atoms with Crippen LogP contribution >= 0.6 is 0 Å². The maximum absolute atomic E-state index is 11.9. The molecule has 1 fully saturated rings.